The molecule has 0 unspecified atom stereocenters. The van der Waals surface area contributed by atoms with Gasteiger partial charge in [0, 0.05) is 48.1 Å². The number of benzene rings is 2. The van der Waals surface area contributed by atoms with Crippen LogP contribution in [0.25, 0.3) is 0 Å². The zero-order valence-electron chi connectivity index (χ0n) is 13.8. The molecule has 1 aliphatic rings. The van der Waals surface area contributed by atoms with Crippen LogP contribution >= 0.6 is 0 Å². The second-order valence-corrected chi connectivity index (χ2v) is 5.74. The van der Waals surface area contributed by atoms with Crippen molar-refractivity contribution in [2.75, 3.05) is 43.1 Å². The van der Waals surface area contributed by atoms with E-state index in [0.717, 1.165) is 37.6 Å². The second kappa shape index (κ2) is 7.29. The van der Waals surface area contributed by atoms with Gasteiger partial charge in [-0.3, -0.25) is 0 Å². The van der Waals surface area contributed by atoms with Crippen LogP contribution in [0, 0.1) is 0 Å². The zero-order valence-corrected chi connectivity index (χ0v) is 13.8. The number of nitrogens with zero attached hydrogens (tertiary/aromatic N) is 2. The Morgan fingerprint density at radius 2 is 1.56 bits per heavy atom. The number of carbonyl (C=O) groups excluding carboxylic acids is 1. The highest BCUT2D eigenvalue weighted by molar-refractivity contribution is 5.92. The Bertz CT molecular complexity index is 743. The van der Waals surface area contributed by atoms with Gasteiger partial charge in [-0.2, -0.15) is 0 Å². The smallest absolute Gasteiger partial charge is 0.383 e. The first-order valence-electron chi connectivity index (χ1n) is 7.92. The lowest BCUT2D eigenvalue weighted by Gasteiger charge is -2.37. The molecule has 1 N–H and O–H groups in total. The number of phenolic OH excluding ortho intramolecular Hbond substituents is 1. The van der Waals surface area contributed by atoms with Crippen LogP contribution in [-0.4, -0.2) is 44.4 Å². The predicted molar refractivity (Wildman–Crippen MR) is 92.1 cm³/mol. The average Bonchev–Trinajstić information content (AvgIpc) is 2.67. The number of carbonyl (C=O) groups is 1. The first-order chi connectivity index (χ1) is 12.1. The maximum atomic E-state index is 12.1. The minimum Gasteiger partial charge on any atom is -0.508 e. The molecule has 0 atom stereocenters. The third-order valence-corrected chi connectivity index (χ3v) is 4.33. The maximum Gasteiger partial charge on any atom is 0.383 e. The number of anilines is 2. The van der Waals surface area contributed by atoms with Crippen LogP contribution in [0.5, 0.6) is 11.5 Å². The van der Waals surface area contributed by atoms with Crippen LogP contribution < -0.4 is 14.5 Å². The molecule has 0 radical (unpaired) electrons. The molecule has 2 aromatic carbocycles. The molecular formula is C18H19FN2O4. The standard InChI is InChI=1S/C18H19FN2O4/c1-24-17-12-14(4-7-16(17)18(23)25-19)21-10-8-20(9-11-21)13-2-5-15(22)6-3-13/h2-7,12,22H,8-11H2,1H3. The molecule has 1 heterocycles. The molecule has 132 valence electrons. The molecule has 0 bridgehead atoms. The first kappa shape index (κ1) is 16.9. The van der Waals surface area contributed by atoms with Gasteiger partial charge in [0.25, 0.3) is 0 Å². The van der Waals surface area contributed by atoms with Crippen molar-refractivity contribution >= 4 is 17.3 Å². The summed E-state index contributed by atoms with van der Waals surface area (Å²) in [5, 5.41) is 9.38. The molecule has 0 aromatic heterocycles. The molecule has 3 rings (SSSR count). The van der Waals surface area contributed by atoms with E-state index in [0.29, 0.717) is 0 Å². The van der Waals surface area contributed by atoms with Gasteiger partial charge >= 0.3 is 5.97 Å². The fourth-order valence-electron chi connectivity index (χ4n) is 2.97. The highest BCUT2D eigenvalue weighted by Crippen LogP contribution is 2.28. The summed E-state index contributed by atoms with van der Waals surface area (Å²) in [6, 6.07) is 12.1. The van der Waals surface area contributed by atoms with Crippen molar-refractivity contribution in [2.45, 2.75) is 0 Å². The van der Waals surface area contributed by atoms with Crippen molar-refractivity contribution in [3.63, 3.8) is 0 Å². The minimum absolute atomic E-state index is 0.0523. The summed E-state index contributed by atoms with van der Waals surface area (Å²) in [5.74, 6) is -0.539. The van der Waals surface area contributed by atoms with Gasteiger partial charge in [-0.1, -0.05) is 0 Å². The number of halogens is 1. The van der Waals surface area contributed by atoms with E-state index in [2.05, 4.69) is 14.7 Å². The number of piperazine rings is 1. The summed E-state index contributed by atoms with van der Waals surface area (Å²) in [6.45, 7) is 3.22. The van der Waals surface area contributed by atoms with Crippen molar-refractivity contribution in [3.8, 4) is 11.5 Å². The van der Waals surface area contributed by atoms with Crippen LogP contribution in [0.1, 0.15) is 10.4 Å². The van der Waals surface area contributed by atoms with Crippen molar-refractivity contribution < 1.29 is 24.1 Å². The topological polar surface area (TPSA) is 62.2 Å². The largest absolute Gasteiger partial charge is 0.508 e. The second-order valence-electron chi connectivity index (χ2n) is 5.74. The molecule has 0 saturated carbocycles. The first-order valence-corrected chi connectivity index (χ1v) is 7.92. The Balaban J connectivity index is 1.70. The van der Waals surface area contributed by atoms with E-state index >= 15 is 0 Å². The molecule has 0 amide bonds. The van der Waals surface area contributed by atoms with Gasteiger partial charge < -0.3 is 19.6 Å². The van der Waals surface area contributed by atoms with Crippen molar-refractivity contribution in [1.29, 1.82) is 0 Å². The Morgan fingerprint density at radius 1 is 1.00 bits per heavy atom. The highest BCUT2D eigenvalue weighted by atomic mass is 19.3. The zero-order chi connectivity index (χ0) is 17.8. The third kappa shape index (κ3) is 3.60. The molecule has 2 aromatic rings. The lowest BCUT2D eigenvalue weighted by atomic mass is 10.1. The predicted octanol–water partition coefficient (Wildman–Crippen LogP) is 2.77. The van der Waals surface area contributed by atoms with Crippen molar-refractivity contribution in [3.05, 3.63) is 48.0 Å². The van der Waals surface area contributed by atoms with Crippen LogP contribution in [0.3, 0.4) is 0 Å². The van der Waals surface area contributed by atoms with E-state index in [4.69, 9.17) is 4.74 Å². The van der Waals surface area contributed by atoms with Crippen molar-refractivity contribution in [1.82, 2.24) is 0 Å². The Labute approximate surface area is 144 Å². The van der Waals surface area contributed by atoms with Gasteiger partial charge in [-0.15, -0.1) is 0 Å². The summed E-state index contributed by atoms with van der Waals surface area (Å²) in [5.41, 5.74) is 2.02. The van der Waals surface area contributed by atoms with Gasteiger partial charge in [0.1, 0.15) is 17.1 Å². The summed E-state index contributed by atoms with van der Waals surface area (Å²) < 4.78 is 17.3. The van der Waals surface area contributed by atoms with Crippen molar-refractivity contribution in [2.24, 2.45) is 0 Å². The van der Waals surface area contributed by atoms with E-state index in [-0.39, 0.29) is 17.1 Å². The lowest BCUT2D eigenvalue weighted by Crippen LogP contribution is -2.46. The van der Waals surface area contributed by atoms with Crippen LogP contribution in [0.4, 0.5) is 15.9 Å². The van der Waals surface area contributed by atoms with Crippen LogP contribution in [0.2, 0.25) is 0 Å². The molecule has 25 heavy (non-hydrogen) atoms. The summed E-state index contributed by atoms with van der Waals surface area (Å²) in [7, 11) is 1.43. The molecule has 6 nitrogen and oxygen atoms in total. The normalized spacial score (nSPS) is 14.3. The van der Waals surface area contributed by atoms with Gasteiger partial charge in [0.05, 0.1) is 7.11 Å². The number of methoxy groups -OCH3 is 1. The Hall–Kier alpha value is -2.96. The van der Waals surface area contributed by atoms with Gasteiger partial charge in [0.15, 0.2) is 0 Å². The quantitative estimate of drug-likeness (QED) is 0.919. The molecule has 1 fully saturated rings. The van der Waals surface area contributed by atoms with Gasteiger partial charge in [0.2, 0.25) is 0 Å². The van der Waals surface area contributed by atoms with Gasteiger partial charge in [-0.05, 0) is 36.4 Å². The van der Waals surface area contributed by atoms with Gasteiger partial charge in [-0.25, -0.2) is 9.74 Å². The Morgan fingerprint density at radius 3 is 2.12 bits per heavy atom. The number of phenols is 1. The third-order valence-electron chi connectivity index (χ3n) is 4.33. The Kier molecular flexibility index (Phi) is 4.92. The monoisotopic (exact) mass is 346 g/mol. The molecule has 1 saturated heterocycles. The van der Waals surface area contributed by atoms with E-state index < -0.39 is 5.97 Å². The van der Waals surface area contributed by atoms with E-state index in [1.807, 2.05) is 12.1 Å². The summed E-state index contributed by atoms with van der Waals surface area (Å²) >= 11 is 0. The van der Waals surface area contributed by atoms with E-state index in [9.17, 15) is 14.4 Å². The number of hydrogen-bond acceptors (Lipinski definition) is 6. The highest BCUT2D eigenvalue weighted by Gasteiger charge is 2.20. The fraction of sp³-hybridized carbons (Fsp3) is 0.278. The fourth-order valence-corrected chi connectivity index (χ4v) is 2.97. The summed E-state index contributed by atoms with van der Waals surface area (Å²) in [6.07, 6.45) is 0. The minimum atomic E-state index is -1.07. The van der Waals surface area contributed by atoms with Crippen LogP contribution in [0.15, 0.2) is 42.5 Å². The number of aromatic hydroxyl groups is 1. The summed E-state index contributed by atoms with van der Waals surface area (Å²) in [4.78, 5) is 19.1. The SMILES string of the molecule is COc1cc(N2CCN(c3ccc(O)cc3)CC2)ccc1C(=O)OF. The number of ether oxygens (including phenoxy) is 1. The molecule has 1 aliphatic heterocycles. The molecular weight excluding hydrogens is 327 g/mol. The molecule has 0 spiro atoms. The number of rotatable bonds is 4. The molecule has 7 heteroatoms. The number of hydrogen-bond donors (Lipinski definition) is 1. The van der Waals surface area contributed by atoms with Crippen LogP contribution in [-0.2, 0) is 4.94 Å². The lowest BCUT2D eigenvalue weighted by molar-refractivity contribution is -0.0789. The van der Waals surface area contributed by atoms with E-state index in [1.165, 1.54) is 13.2 Å². The maximum absolute atomic E-state index is 12.1. The molecule has 0 aliphatic carbocycles. The average molecular weight is 346 g/mol. The van der Waals surface area contributed by atoms with E-state index in [1.54, 1.807) is 24.3 Å².